The van der Waals surface area contributed by atoms with Crippen molar-refractivity contribution in [2.45, 2.75) is 13.8 Å². The molecule has 0 aromatic heterocycles. The van der Waals surface area contributed by atoms with Crippen LogP contribution in [0, 0.1) is 5.41 Å². The molecule has 4 nitrogen and oxygen atoms in total. The van der Waals surface area contributed by atoms with Crippen molar-refractivity contribution in [1.82, 2.24) is 10.2 Å². The van der Waals surface area contributed by atoms with E-state index in [1.54, 1.807) is 18.2 Å². The van der Waals surface area contributed by atoms with E-state index in [4.69, 9.17) is 17.3 Å². The van der Waals surface area contributed by atoms with Crippen LogP contribution in [0.15, 0.2) is 18.2 Å². The van der Waals surface area contributed by atoms with Crippen molar-refractivity contribution in [2.75, 3.05) is 32.9 Å². The topological polar surface area (TPSA) is 58.4 Å². The summed E-state index contributed by atoms with van der Waals surface area (Å²) in [7, 11) is 4.02. The Bertz CT molecular complexity index is 458. The van der Waals surface area contributed by atoms with Crippen molar-refractivity contribution in [3.8, 4) is 0 Å². The molecular weight excluding hydrogens is 262 g/mol. The number of halogens is 1. The minimum absolute atomic E-state index is 0.00744. The van der Waals surface area contributed by atoms with Gasteiger partial charge in [-0.15, -0.1) is 0 Å². The van der Waals surface area contributed by atoms with Gasteiger partial charge in [0.2, 0.25) is 0 Å². The minimum atomic E-state index is -0.188. The van der Waals surface area contributed by atoms with Crippen molar-refractivity contribution in [3.63, 3.8) is 0 Å². The summed E-state index contributed by atoms with van der Waals surface area (Å²) in [4.78, 5) is 14.2. The molecule has 0 radical (unpaired) electrons. The van der Waals surface area contributed by atoms with Crippen LogP contribution < -0.4 is 11.1 Å². The summed E-state index contributed by atoms with van der Waals surface area (Å²) in [5.74, 6) is -0.188. The first kappa shape index (κ1) is 15.8. The molecule has 0 saturated carbocycles. The molecule has 0 unspecified atom stereocenters. The second-order valence-electron chi connectivity index (χ2n) is 5.82. The molecule has 0 aliphatic rings. The van der Waals surface area contributed by atoms with Crippen LogP contribution in [-0.4, -0.2) is 38.0 Å². The Hall–Kier alpha value is -1.26. The maximum atomic E-state index is 12.1. The number of nitrogens with one attached hydrogen (secondary N) is 1. The van der Waals surface area contributed by atoms with Gasteiger partial charge in [0, 0.05) is 23.8 Å². The molecule has 0 saturated heterocycles. The normalized spacial score (nSPS) is 11.7. The molecule has 0 atom stereocenters. The third kappa shape index (κ3) is 5.09. The summed E-state index contributed by atoms with van der Waals surface area (Å²) < 4.78 is 0. The van der Waals surface area contributed by atoms with Crippen LogP contribution in [-0.2, 0) is 0 Å². The zero-order chi connectivity index (χ0) is 14.6. The van der Waals surface area contributed by atoms with Crippen LogP contribution in [0.3, 0.4) is 0 Å². The number of nitrogens with two attached hydrogens (primary N) is 1. The number of nitrogen functional groups attached to an aromatic ring is 1. The van der Waals surface area contributed by atoms with E-state index in [2.05, 4.69) is 24.1 Å². The number of carbonyl (C=O) groups excluding carboxylic acids is 1. The highest BCUT2D eigenvalue weighted by molar-refractivity contribution is 6.31. The number of benzene rings is 1. The molecule has 106 valence electrons. The first-order valence-corrected chi connectivity index (χ1v) is 6.57. The summed E-state index contributed by atoms with van der Waals surface area (Å²) in [6, 6.07) is 4.90. The molecule has 0 heterocycles. The van der Waals surface area contributed by atoms with E-state index in [9.17, 15) is 4.79 Å². The van der Waals surface area contributed by atoms with E-state index in [-0.39, 0.29) is 11.3 Å². The highest BCUT2D eigenvalue weighted by Crippen LogP contribution is 2.19. The van der Waals surface area contributed by atoms with Crippen LogP contribution >= 0.6 is 11.6 Å². The summed E-state index contributed by atoms with van der Waals surface area (Å²) in [5.41, 5.74) is 6.64. The highest BCUT2D eigenvalue weighted by Gasteiger charge is 2.20. The van der Waals surface area contributed by atoms with Gasteiger partial charge in [-0.2, -0.15) is 0 Å². The maximum Gasteiger partial charge on any atom is 0.253 e. The highest BCUT2D eigenvalue weighted by atomic mass is 35.5. The smallest absolute Gasteiger partial charge is 0.253 e. The zero-order valence-corrected chi connectivity index (χ0v) is 12.7. The fourth-order valence-corrected chi connectivity index (χ4v) is 2.22. The lowest BCUT2D eigenvalue weighted by atomic mass is 9.93. The van der Waals surface area contributed by atoms with E-state index in [1.807, 2.05) is 14.1 Å². The molecule has 1 aromatic rings. The molecule has 19 heavy (non-hydrogen) atoms. The molecule has 1 aromatic carbocycles. The van der Waals surface area contributed by atoms with Crippen LogP contribution in [0.2, 0.25) is 5.02 Å². The maximum absolute atomic E-state index is 12.1. The number of hydrogen-bond acceptors (Lipinski definition) is 3. The van der Waals surface area contributed by atoms with Crippen LogP contribution in [0.25, 0.3) is 0 Å². The Morgan fingerprint density at radius 2 is 2.05 bits per heavy atom. The molecule has 3 N–H and O–H groups in total. The van der Waals surface area contributed by atoms with Crippen molar-refractivity contribution >= 4 is 23.2 Å². The molecule has 5 heteroatoms. The van der Waals surface area contributed by atoms with Gasteiger partial charge in [-0.25, -0.2) is 0 Å². The number of rotatable bonds is 5. The molecule has 0 bridgehead atoms. The van der Waals surface area contributed by atoms with Gasteiger partial charge >= 0.3 is 0 Å². The fourth-order valence-electron chi connectivity index (χ4n) is 2.05. The Kier molecular flexibility index (Phi) is 5.20. The van der Waals surface area contributed by atoms with Crippen molar-refractivity contribution in [2.24, 2.45) is 5.41 Å². The standard InChI is InChI=1S/C14H22ClN3O/c1-14(2,9-18(3)4)8-17-13(19)11-7-10(15)5-6-12(11)16/h5-7H,8-9,16H2,1-4H3,(H,17,19). The number of anilines is 1. The van der Waals surface area contributed by atoms with Gasteiger partial charge in [0.25, 0.3) is 5.91 Å². The molecule has 1 rings (SSSR count). The van der Waals surface area contributed by atoms with Gasteiger partial charge in [0.1, 0.15) is 0 Å². The second-order valence-corrected chi connectivity index (χ2v) is 6.25. The number of amides is 1. The summed E-state index contributed by atoms with van der Waals surface area (Å²) in [6.45, 7) is 5.68. The lowest BCUT2D eigenvalue weighted by molar-refractivity contribution is 0.0930. The van der Waals surface area contributed by atoms with Gasteiger partial charge in [-0.1, -0.05) is 25.4 Å². The number of nitrogens with zero attached hydrogens (tertiary/aromatic N) is 1. The predicted molar refractivity (Wildman–Crippen MR) is 80.5 cm³/mol. The van der Waals surface area contributed by atoms with Crippen molar-refractivity contribution in [3.05, 3.63) is 28.8 Å². The Morgan fingerprint density at radius 3 is 2.63 bits per heavy atom. The first-order chi connectivity index (χ1) is 8.71. The molecule has 0 aliphatic carbocycles. The van der Waals surface area contributed by atoms with Gasteiger partial charge in [-0.3, -0.25) is 4.79 Å². The third-order valence-corrected chi connectivity index (χ3v) is 2.97. The van der Waals surface area contributed by atoms with E-state index in [1.165, 1.54) is 0 Å². The van der Waals surface area contributed by atoms with Gasteiger partial charge in [0.05, 0.1) is 5.56 Å². The Balaban J connectivity index is 2.68. The lowest BCUT2D eigenvalue weighted by Crippen LogP contribution is -2.40. The summed E-state index contributed by atoms with van der Waals surface area (Å²) in [5, 5.41) is 3.41. The van der Waals surface area contributed by atoms with E-state index >= 15 is 0 Å². The average molecular weight is 284 g/mol. The largest absolute Gasteiger partial charge is 0.398 e. The lowest BCUT2D eigenvalue weighted by Gasteiger charge is -2.28. The molecule has 1 amide bonds. The average Bonchev–Trinajstić information content (AvgIpc) is 2.27. The second kappa shape index (κ2) is 6.26. The van der Waals surface area contributed by atoms with Crippen LogP contribution in [0.1, 0.15) is 24.2 Å². The zero-order valence-electron chi connectivity index (χ0n) is 12.0. The molecule has 0 spiro atoms. The van der Waals surface area contributed by atoms with Gasteiger partial charge in [0.15, 0.2) is 0 Å². The first-order valence-electron chi connectivity index (χ1n) is 6.19. The minimum Gasteiger partial charge on any atom is -0.398 e. The molecule has 0 aliphatic heterocycles. The molecule has 0 fully saturated rings. The summed E-state index contributed by atoms with van der Waals surface area (Å²) >= 11 is 5.88. The Labute approximate surface area is 119 Å². The Morgan fingerprint density at radius 1 is 1.42 bits per heavy atom. The fraction of sp³-hybridized carbons (Fsp3) is 0.500. The van der Waals surface area contributed by atoms with E-state index < -0.39 is 0 Å². The number of hydrogen-bond donors (Lipinski definition) is 2. The summed E-state index contributed by atoms with van der Waals surface area (Å²) in [6.07, 6.45) is 0. The van der Waals surface area contributed by atoms with E-state index in [0.717, 1.165) is 6.54 Å². The van der Waals surface area contributed by atoms with Crippen molar-refractivity contribution < 1.29 is 4.79 Å². The number of carbonyl (C=O) groups is 1. The van der Waals surface area contributed by atoms with Crippen molar-refractivity contribution in [1.29, 1.82) is 0 Å². The van der Waals surface area contributed by atoms with Crippen LogP contribution in [0.5, 0.6) is 0 Å². The van der Waals surface area contributed by atoms with Crippen LogP contribution in [0.4, 0.5) is 5.69 Å². The molecular formula is C14H22ClN3O. The monoisotopic (exact) mass is 283 g/mol. The van der Waals surface area contributed by atoms with E-state index in [0.29, 0.717) is 22.8 Å². The predicted octanol–water partition coefficient (Wildman–Crippen LogP) is 2.24. The quantitative estimate of drug-likeness (QED) is 0.815. The van der Waals surface area contributed by atoms with Gasteiger partial charge < -0.3 is 16.0 Å². The van der Waals surface area contributed by atoms with Gasteiger partial charge in [-0.05, 0) is 37.7 Å². The SMILES string of the molecule is CN(C)CC(C)(C)CNC(=O)c1cc(Cl)ccc1N. The third-order valence-electron chi connectivity index (χ3n) is 2.73.